The van der Waals surface area contributed by atoms with Crippen LogP contribution in [0.4, 0.5) is 5.95 Å². The highest BCUT2D eigenvalue weighted by molar-refractivity contribution is 7.08. The molecule has 2 N–H and O–H groups in total. The Balaban J connectivity index is 2.09. The third kappa shape index (κ3) is 3.05. The molecule has 0 aliphatic heterocycles. The quantitative estimate of drug-likeness (QED) is 0.859. The standard InChI is InChI=1S/C10H14N6O2S/c1-4-18-10-12-9(14-15-10)11-8(17)7-6(5(2)3)13-16-19-7/h5H,4H2,1-3H3,(H2,11,12,14,15,17). The number of anilines is 1. The number of aromatic nitrogens is 5. The molecule has 102 valence electrons. The number of H-pyrrole nitrogens is 1. The van der Waals surface area contributed by atoms with Crippen molar-refractivity contribution in [1.29, 1.82) is 0 Å². The summed E-state index contributed by atoms with van der Waals surface area (Å²) in [4.78, 5) is 16.5. The van der Waals surface area contributed by atoms with Crippen molar-refractivity contribution in [3.63, 3.8) is 0 Å². The highest BCUT2D eigenvalue weighted by Gasteiger charge is 2.19. The van der Waals surface area contributed by atoms with Crippen LogP contribution in [-0.2, 0) is 0 Å². The molecule has 19 heavy (non-hydrogen) atoms. The second kappa shape index (κ2) is 5.74. The number of hydrogen-bond acceptors (Lipinski definition) is 7. The summed E-state index contributed by atoms with van der Waals surface area (Å²) in [6.45, 7) is 6.19. The van der Waals surface area contributed by atoms with Gasteiger partial charge in [-0.25, -0.2) is 5.10 Å². The van der Waals surface area contributed by atoms with Crippen LogP contribution in [0.1, 0.15) is 42.1 Å². The average Bonchev–Trinajstić information content (AvgIpc) is 2.98. The molecule has 0 unspecified atom stereocenters. The molecule has 2 rings (SSSR count). The number of ether oxygens (including phenoxy) is 1. The average molecular weight is 282 g/mol. The van der Waals surface area contributed by atoms with Crippen molar-refractivity contribution in [2.45, 2.75) is 26.7 Å². The van der Waals surface area contributed by atoms with Crippen molar-refractivity contribution in [1.82, 2.24) is 24.8 Å². The Labute approximate surface area is 113 Å². The second-order valence-corrected chi connectivity index (χ2v) is 4.75. The van der Waals surface area contributed by atoms with Gasteiger partial charge in [-0.3, -0.25) is 10.1 Å². The molecule has 0 fully saturated rings. The van der Waals surface area contributed by atoms with E-state index in [9.17, 15) is 4.79 Å². The minimum atomic E-state index is -0.308. The van der Waals surface area contributed by atoms with E-state index in [2.05, 4.69) is 30.1 Å². The molecule has 0 atom stereocenters. The van der Waals surface area contributed by atoms with Gasteiger partial charge >= 0.3 is 6.01 Å². The van der Waals surface area contributed by atoms with Crippen LogP contribution in [0, 0.1) is 0 Å². The smallest absolute Gasteiger partial charge is 0.337 e. The molecule has 0 bridgehead atoms. The fraction of sp³-hybridized carbons (Fsp3) is 0.500. The van der Waals surface area contributed by atoms with Crippen molar-refractivity contribution in [3.05, 3.63) is 10.6 Å². The van der Waals surface area contributed by atoms with Crippen LogP contribution >= 0.6 is 11.5 Å². The van der Waals surface area contributed by atoms with Crippen molar-refractivity contribution in [2.24, 2.45) is 0 Å². The van der Waals surface area contributed by atoms with E-state index in [4.69, 9.17) is 4.74 Å². The molecule has 1 amide bonds. The van der Waals surface area contributed by atoms with E-state index < -0.39 is 0 Å². The third-order valence-corrected chi connectivity index (χ3v) is 2.98. The van der Waals surface area contributed by atoms with Crippen LogP contribution in [0.2, 0.25) is 0 Å². The normalized spacial score (nSPS) is 10.7. The topological polar surface area (TPSA) is 106 Å². The van der Waals surface area contributed by atoms with E-state index in [0.29, 0.717) is 17.2 Å². The number of nitrogens with zero attached hydrogens (tertiary/aromatic N) is 4. The van der Waals surface area contributed by atoms with E-state index >= 15 is 0 Å². The summed E-state index contributed by atoms with van der Waals surface area (Å²) >= 11 is 1.06. The fourth-order valence-corrected chi connectivity index (χ4v) is 2.11. The minimum absolute atomic E-state index is 0.133. The number of amides is 1. The summed E-state index contributed by atoms with van der Waals surface area (Å²) in [5.74, 6) is 0.0580. The van der Waals surface area contributed by atoms with Gasteiger partial charge in [0.2, 0.25) is 5.95 Å². The van der Waals surface area contributed by atoms with Crippen LogP contribution in [0.3, 0.4) is 0 Å². The molecule has 2 aromatic heterocycles. The molecule has 0 aliphatic rings. The summed E-state index contributed by atoms with van der Waals surface area (Å²) < 4.78 is 8.89. The Kier molecular flexibility index (Phi) is 4.05. The van der Waals surface area contributed by atoms with Gasteiger partial charge in [0.05, 0.1) is 12.3 Å². The van der Waals surface area contributed by atoms with Crippen LogP contribution in [0.5, 0.6) is 6.01 Å². The first kappa shape index (κ1) is 13.4. The van der Waals surface area contributed by atoms with Gasteiger partial charge < -0.3 is 4.74 Å². The number of rotatable bonds is 5. The van der Waals surface area contributed by atoms with E-state index in [1.165, 1.54) is 0 Å². The molecule has 9 heteroatoms. The highest BCUT2D eigenvalue weighted by Crippen LogP contribution is 2.20. The maximum absolute atomic E-state index is 12.1. The maximum atomic E-state index is 12.1. The zero-order chi connectivity index (χ0) is 13.8. The molecule has 2 aromatic rings. The van der Waals surface area contributed by atoms with Gasteiger partial charge in [-0.2, -0.15) is 4.98 Å². The highest BCUT2D eigenvalue weighted by atomic mass is 32.1. The molecular formula is C10H14N6O2S. The zero-order valence-electron chi connectivity index (χ0n) is 10.8. The SMILES string of the molecule is CCOc1n[nH]c(NC(=O)c2snnc2C(C)C)n1. The molecule has 0 saturated heterocycles. The first-order chi connectivity index (χ1) is 9.11. The van der Waals surface area contributed by atoms with E-state index in [-0.39, 0.29) is 23.8 Å². The lowest BCUT2D eigenvalue weighted by atomic mass is 10.1. The lowest BCUT2D eigenvalue weighted by Crippen LogP contribution is -2.14. The largest absolute Gasteiger partial charge is 0.463 e. The molecule has 0 aliphatic carbocycles. The Morgan fingerprint density at radius 2 is 2.32 bits per heavy atom. The monoisotopic (exact) mass is 282 g/mol. The molecule has 8 nitrogen and oxygen atoms in total. The maximum Gasteiger partial charge on any atom is 0.337 e. The van der Waals surface area contributed by atoms with Crippen LogP contribution in [-0.4, -0.2) is 37.3 Å². The van der Waals surface area contributed by atoms with Gasteiger partial charge in [0.15, 0.2) is 0 Å². The van der Waals surface area contributed by atoms with Gasteiger partial charge in [-0.05, 0) is 24.4 Å². The Hall–Kier alpha value is -2.03. The lowest BCUT2D eigenvalue weighted by Gasteiger charge is -2.03. The molecular weight excluding hydrogens is 268 g/mol. The summed E-state index contributed by atoms with van der Waals surface area (Å²) in [7, 11) is 0. The summed E-state index contributed by atoms with van der Waals surface area (Å²) in [6, 6.07) is 0.198. The van der Waals surface area contributed by atoms with E-state index in [0.717, 1.165) is 11.5 Å². The van der Waals surface area contributed by atoms with Crippen molar-refractivity contribution >= 4 is 23.4 Å². The van der Waals surface area contributed by atoms with E-state index in [1.807, 2.05) is 20.8 Å². The predicted molar refractivity (Wildman–Crippen MR) is 69.5 cm³/mol. The predicted octanol–water partition coefficient (Wildman–Crippen LogP) is 1.43. The number of aromatic amines is 1. The fourth-order valence-electron chi connectivity index (χ4n) is 1.39. The van der Waals surface area contributed by atoms with Crippen LogP contribution < -0.4 is 10.1 Å². The Morgan fingerprint density at radius 3 is 3.00 bits per heavy atom. The number of hydrogen-bond donors (Lipinski definition) is 2. The van der Waals surface area contributed by atoms with Crippen molar-refractivity contribution < 1.29 is 9.53 Å². The first-order valence-electron chi connectivity index (χ1n) is 5.80. The molecule has 2 heterocycles. The van der Waals surface area contributed by atoms with Crippen molar-refractivity contribution in [2.75, 3.05) is 11.9 Å². The molecule has 0 aromatic carbocycles. The van der Waals surface area contributed by atoms with Gasteiger partial charge in [-0.1, -0.05) is 18.3 Å². The van der Waals surface area contributed by atoms with Gasteiger partial charge in [-0.15, -0.1) is 10.2 Å². The summed E-state index contributed by atoms with van der Waals surface area (Å²) in [5, 5.41) is 12.9. The molecule has 0 saturated carbocycles. The van der Waals surface area contributed by atoms with E-state index in [1.54, 1.807) is 0 Å². The van der Waals surface area contributed by atoms with Gasteiger partial charge in [0.25, 0.3) is 5.91 Å². The van der Waals surface area contributed by atoms with Gasteiger partial charge in [0, 0.05) is 0 Å². The van der Waals surface area contributed by atoms with Gasteiger partial charge in [0.1, 0.15) is 4.88 Å². The Morgan fingerprint density at radius 1 is 1.53 bits per heavy atom. The zero-order valence-corrected chi connectivity index (χ0v) is 11.6. The Bertz CT molecular complexity index is 564. The number of carbonyl (C=O) groups is 1. The number of carbonyl (C=O) groups excluding carboxylic acids is 1. The second-order valence-electron chi connectivity index (χ2n) is 4.00. The minimum Gasteiger partial charge on any atom is -0.463 e. The van der Waals surface area contributed by atoms with Crippen molar-refractivity contribution in [3.8, 4) is 6.01 Å². The third-order valence-electron chi connectivity index (χ3n) is 2.24. The number of nitrogens with one attached hydrogen (secondary N) is 2. The summed E-state index contributed by atoms with van der Waals surface area (Å²) in [6.07, 6.45) is 0. The van der Waals surface area contributed by atoms with Crippen LogP contribution in [0.25, 0.3) is 0 Å². The molecule has 0 spiro atoms. The molecule has 0 radical (unpaired) electrons. The first-order valence-corrected chi connectivity index (χ1v) is 6.58. The lowest BCUT2D eigenvalue weighted by molar-refractivity contribution is 0.102. The van der Waals surface area contributed by atoms with Crippen LogP contribution in [0.15, 0.2) is 0 Å². The summed E-state index contributed by atoms with van der Waals surface area (Å²) in [5.41, 5.74) is 0.673.